The average Bonchev–Trinajstić information content (AvgIpc) is 3.16. The number of sulfonamides is 1. The van der Waals surface area contributed by atoms with E-state index < -0.39 is 10.0 Å². The molecular formula is C19H22ClN3O2S. The summed E-state index contributed by atoms with van der Waals surface area (Å²) in [4.78, 5) is 0.369. The summed E-state index contributed by atoms with van der Waals surface area (Å²) in [6.45, 7) is 3.86. The molecule has 1 aromatic heterocycles. The van der Waals surface area contributed by atoms with Gasteiger partial charge in [-0.1, -0.05) is 36.4 Å². The molecule has 4 rings (SSSR count). The Labute approximate surface area is 159 Å². The van der Waals surface area contributed by atoms with E-state index >= 15 is 0 Å². The first-order valence-corrected chi connectivity index (χ1v) is 9.81. The zero-order valence-corrected chi connectivity index (χ0v) is 16.4. The Morgan fingerprint density at radius 3 is 2.65 bits per heavy atom. The van der Waals surface area contributed by atoms with E-state index in [4.69, 9.17) is 0 Å². The SMILES string of the molecule is Cc1c(S(=O)(=O)NCc2ccc3c(c2)CNC3)c2ccccc2n1C.Cl. The number of hydrogen-bond acceptors (Lipinski definition) is 3. The van der Waals surface area contributed by atoms with Gasteiger partial charge in [-0.15, -0.1) is 12.4 Å². The van der Waals surface area contributed by atoms with Gasteiger partial charge in [0.1, 0.15) is 4.90 Å². The predicted octanol–water partition coefficient (Wildman–Crippen LogP) is 2.99. The van der Waals surface area contributed by atoms with Gasteiger partial charge >= 0.3 is 0 Å². The van der Waals surface area contributed by atoms with Crippen molar-refractivity contribution < 1.29 is 8.42 Å². The molecule has 0 saturated heterocycles. The van der Waals surface area contributed by atoms with E-state index in [-0.39, 0.29) is 19.0 Å². The monoisotopic (exact) mass is 391 g/mol. The number of nitrogens with one attached hydrogen (secondary N) is 2. The quantitative estimate of drug-likeness (QED) is 0.718. The van der Waals surface area contributed by atoms with Crippen molar-refractivity contribution in [2.75, 3.05) is 0 Å². The van der Waals surface area contributed by atoms with Crippen LogP contribution < -0.4 is 10.0 Å². The van der Waals surface area contributed by atoms with Gasteiger partial charge in [-0.2, -0.15) is 0 Å². The van der Waals surface area contributed by atoms with Crippen molar-refractivity contribution >= 4 is 33.3 Å². The number of rotatable bonds is 4. The van der Waals surface area contributed by atoms with Crippen molar-refractivity contribution in [1.82, 2.24) is 14.6 Å². The highest BCUT2D eigenvalue weighted by molar-refractivity contribution is 7.89. The van der Waals surface area contributed by atoms with Crippen molar-refractivity contribution in [2.45, 2.75) is 31.5 Å². The first-order valence-electron chi connectivity index (χ1n) is 8.32. The molecule has 2 aromatic carbocycles. The van der Waals surface area contributed by atoms with Crippen LogP contribution in [0.1, 0.15) is 22.4 Å². The molecule has 138 valence electrons. The fraction of sp³-hybridized carbons (Fsp3) is 0.263. The van der Waals surface area contributed by atoms with E-state index in [1.165, 1.54) is 11.1 Å². The second-order valence-electron chi connectivity index (χ2n) is 6.52. The zero-order chi connectivity index (χ0) is 17.6. The maximum Gasteiger partial charge on any atom is 0.243 e. The van der Waals surface area contributed by atoms with Crippen LogP contribution >= 0.6 is 12.4 Å². The Hall–Kier alpha value is -1.86. The second-order valence-corrected chi connectivity index (χ2v) is 8.23. The Morgan fingerprint density at radius 2 is 1.85 bits per heavy atom. The summed E-state index contributed by atoms with van der Waals surface area (Å²) in [5.41, 5.74) is 5.18. The smallest absolute Gasteiger partial charge is 0.243 e. The summed E-state index contributed by atoms with van der Waals surface area (Å²) in [6, 6.07) is 13.7. The fourth-order valence-electron chi connectivity index (χ4n) is 3.53. The molecule has 0 saturated carbocycles. The summed E-state index contributed by atoms with van der Waals surface area (Å²) < 4.78 is 30.6. The van der Waals surface area contributed by atoms with Crippen LogP contribution in [0.25, 0.3) is 10.9 Å². The fourth-order valence-corrected chi connectivity index (χ4v) is 5.02. The normalized spacial score (nSPS) is 13.6. The lowest BCUT2D eigenvalue weighted by atomic mass is 10.1. The van der Waals surface area contributed by atoms with Crippen molar-refractivity contribution in [3.63, 3.8) is 0 Å². The third-order valence-electron chi connectivity index (χ3n) is 4.98. The first kappa shape index (κ1) is 18.9. The van der Waals surface area contributed by atoms with Gasteiger partial charge in [0, 0.05) is 43.3 Å². The molecule has 3 aromatic rings. The first-order chi connectivity index (χ1) is 12.0. The Balaban J connectivity index is 0.00000196. The van der Waals surface area contributed by atoms with Gasteiger partial charge in [-0.3, -0.25) is 0 Å². The number of halogens is 1. The number of benzene rings is 2. The van der Waals surface area contributed by atoms with E-state index in [2.05, 4.69) is 22.2 Å². The highest BCUT2D eigenvalue weighted by Crippen LogP contribution is 2.29. The number of hydrogen-bond donors (Lipinski definition) is 2. The van der Waals surface area contributed by atoms with E-state index in [0.717, 1.165) is 35.2 Å². The van der Waals surface area contributed by atoms with Crippen LogP contribution in [0.2, 0.25) is 0 Å². The molecule has 0 bridgehead atoms. The highest BCUT2D eigenvalue weighted by Gasteiger charge is 2.23. The average molecular weight is 392 g/mol. The standard InChI is InChI=1S/C19H21N3O2S.ClH/c1-13-19(17-5-3-4-6-18(17)22(13)2)25(23,24)21-10-14-7-8-15-11-20-12-16(15)9-14;/h3-9,20-21H,10-12H2,1-2H3;1H. The molecule has 0 aliphatic carbocycles. The molecular weight excluding hydrogens is 370 g/mol. The number of fused-ring (bicyclic) bond motifs is 2. The van der Waals surface area contributed by atoms with Gasteiger partial charge < -0.3 is 9.88 Å². The predicted molar refractivity (Wildman–Crippen MR) is 106 cm³/mol. The number of para-hydroxylation sites is 1. The third-order valence-corrected chi connectivity index (χ3v) is 6.56. The molecule has 0 radical (unpaired) electrons. The molecule has 0 spiro atoms. The maximum absolute atomic E-state index is 13.0. The minimum atomic E-state index is -3.60. The topological polar surface area (TPSA) is 63.1 Å². The molecule has 1 aliphatic rings. The molecule has 5 nitrogen and oxygen atoms in total. The zero-order valence-electron chi connectivity index (χ0n) is 14.7. The van der Waals surface area contributed by atoms with E-state index in [1.54, 1.807) is 0 Å². The number of aryl methyl sites for hydroxylation is 1. The van der Waals surface area contributed by atoms with Gasteiger partial charge in [0.05, 0.1) is 0 Å². The number of aromatic nitrogens is 1. The molecule has 0 atom stereocenters. The molecule has 2 N–H and O–H groups in total. The molecule has 2 heterocycles. The molecule has 0 fully saturated rings. The lowest BCUT2D eigenvalue weighted by Gasteiger charge is -2.09. The summed E-state index contributed by atoms with van der Waals surface area (Å²) in [6.07, 6.45) is 0. The van der Waals surface area contributed by atoms with Crippen molar-refractivity contribution in [3.05, 3.63) is 64.8 Å². The highest BCUT2D eigenvalue weighted by atomic mass is 35.5. The Kier molecular flexibility index (Phi) is 5.12. The minimum absolute atomic E-state index is 0. The Morgan fingerprint density at radius 1 is 1.12 bits per heavy atom. The molecule has 26 heavy (non-hydrogen) atoms. The summed E-state index contributed by atoms with van der Waals surface area (Å²) in [7, 11) is -1.70. The van der Waals surface area contributed by atoms with E-state index in [9.17, 15) is 8.42 Å². The molecule has 1 aliphatic heterocycles. The summed E-state index contributed by atoms with van der Waals surface area (Å²) in [5, 5.41) is 4.06. The van der Waals surface area contributed by atoms with Crippen LogP contribution in [0.4, 0.5) is 0 Å². The molecule has 7 heteroatoms. The van der Waals surface area contributed by atoms with Gasteiger partial charge in [0.2, 0.25) is 10.0 Å². The lowest BCUT2D eigenvalue weighted by Crippen LogP contribution is -2.24. The van der Waals surface area contributed by atoms with Crippen LogP contribution in [0.15, 0.2) is 47.4 Å². The molecule has 0 amide bonds. The Bertz CT molecular complexity index is 1070. The van der Waals surface area contributed by atoms with Crippen molar-refractivity contribution in [3.8, 4) is 0 Å². The largest absolute Gasteiger partial charge is 0.347 e. The van der Waals surface area contributed by atoms with Crippen LogP contribution in [0.3, 0.4) is 0 Å². The van der Waals surface area contributed by atoms with Crippen LogP contribution in [0.5, 0.6) is 0 Å². The van der Waals surface area contributed by atoms with Gasteiger partial charge in [0.25, 0.3) is 0 Å². The third kappa shape index (κ3) is 3.14. The van der Waals surface area contributed by atoms with Crippen LogP contribution in [-0.4, -0.2) is 13.0 Å². The molecule has 0 unspecified atom stereocenters. The van der Waals surface area contributed by atoms with Crippen LogP contribution in [0, 0.1) is 6.92 Å². The van der Waals surface area contributed by atoms with Crippen LogP contribution in [-0.2, 0) is 36.7 Å². The van der Waals surface area contributed by atoms with Crippen molar-refractivity contribution in [1.29, 1.82) is 0 Å². The lowest BCUT2D eigenvalue weighted by molar-refractivity contribution is 0.581. The van der Waals surface area contributed by atoms with Crippen molar-refractivity contribution in [2.24, 2.45) is 7.05 Å². The minimum Gasteiger partial charge on any atom is -0.347 e. The summed E-state index contributed by atoms with van der Waals surface area (Å²) in [5.74, 6) is 0. The number of nitrogens with zero attached hydrogens (tertiary/aromatic N) is 1. The van der Waals surface area contributed by atoms with E-state index in [0.29, 0.717) is 4.90 Å². The van der Waals surface area contributed by atoms with Gasteiger partial charge in [-0.25, -0.2) is 13.1 Å². The van der Waals surface area contributed by atoms with Gasteiger partial charge in [0.15, 0.2) is 0 Å². The van der Waals surface area contributed by atoms with Gasteiger partial charge in [-0.05, 0) is 29.7 Å². The maximum atomic E-state index is 13.0. The summed E-state index contributed by atoms with van der Waals surface area (Å²) >= 11 is 0. The van der Waals surface area contributed by atoms with E-state index in [1.807, 2.05) is 48.9 Å². The second kappa shape index (κ2) is 7.04.